The minimum atomic E-state index is -0.544. The van der Waals surface area contributed by atoms with Gasteiger partial charge in [-0.25, -0.2) is 0 Å². The lowest BCUT2D eigenvalue weighted by Crippen LogP contribution is -2.25. The number of aromatic amines is 1. The molecule has 2 aromatic carbocycles. The third kappa shape index (κ3) is 3.40. The number of hydrogen-bond donors (Lipinski definition) is 1. The largest absolute Gasteiger partial charge is 0.497 e. The van der Waals surface area contributed by atoms with Gasteiger partial charge in [-0.2, -0.15) is 9.80 Å². The second-order valence-corrected chi connectivity index (χ2v) is 5.30. The molecule has 0 unspecified atom stereocenters. The summed E-state index contributed by atoms with van der Waals surface area (Å²) in [5.74, 6) is 0.154. The molecule has 0 aliphatic rings. The Morgan fingerprint density at radius 2 is 1.72 bits per heavy atom. The van der Waals surface area contributed by atoms with Gasteiger partial charge in [-0.3, -0.25) is 14.7 Å². The molecule has 3 aromatic rings. The highest BCUT2D eigenvalue weighted by Crippen LogP contribution is 2.18. The molecule has 0 fully saturated rings. The average Bonchev–Trinajstić information content (AvgIpc) is 2.94. The summed E-state index contributed by atoms with van der Waals surface area (Å²) in [4.78, 5) is 25.0. The standard InChI is InChI=1S/C18H16N4O3/c1-12-16(20-19-14-6-4-3-5-7-14)18(24)22(21-12)17(23)13-8-10-15(25-2)11-9-13/h3-11,21H,1-2H3. The van der Waals surface area contributed by atoms with Crippen molar-refractivity contribution >= 4 is 17.3 Å². The quantitative estimate of drug-likeness (QED) is 0.738. The van der Waals surface area contributed by atoms with Gasteiger partial charge in [0.2, 0.25) is 0 Å². The van der Waals surface area contributed by atoms with E-state index in [0.29, 0.717) is 22.7 Å². The number of nitrogens with zero attached hydrogens (tertiary/aromatic N) is 3. The van der Waals surface area contributed by atoms with E-state index in [9.17, 15) is 9.59 Å². The molecule has 1 N–H and O–H groups in total. The van der Waals surface area contributed by atoms with Gasteiger partial charge >= 0.3 is 5.56 Å². The van der Waals surface area contributed by atoms with E-state index in [1.54, 1.807) is 50.4 Å². The fourth-order valence-corrected chi connectivity index (χ4v) is 2.26. The maximum Gasteiger partial charge on any atom is 0.302 e. The van der Waals surface area contributed by atoms with Crippen molar-refractivity contribution in [3.8, 4) is 5.75 Å². The molecule has 0 saturated carbocycles. The van der Waals surface area contributed by atoms with Crippen LogP contribution in [0.25, 0.3) is 0 Å². The van der Waals surface area contributed by atoms with Crippen molar-refractivity contribution in [1.82, 2.24) is 9.78 Å². The number of methoxy groups -OCH3 is 1. The summed E-state index contributed by atoms with van der Waals surface area (Å²) >= 11 is 0. The predicted molar refractivity (Wildman–Crippen MR) is 93.1 cm³/mol. The lowest BCUT2D eigenvalue weighted by atomic mass is 10.2. The molecule has 0 saturated heterocycles. The van der Waals surface area contributed by atoms with Crippen LogP contribution in [0, 0.1) is 6.92 Å². The first-order valence-corrected chi connectivity index (χ1v) is 7.57. The SMILES string of the molecule is COc1ccc(C(=O)n2[nH]c(C)c(N=Nc3ccccc3)c2=O)cc1. The first-order valence-electron chi connectivity index (χ1n) is 7.57. The number of H-pyrrole nitrogens is 1. The number of carbonyl (C=O) groups excluding carboxylic acids is 1. The van der Waals surface area contributed by atoms with Crippen LogP contribution in [0.1, 0.15) is 16.1 Å². The summed E-state index contributed by atoms with van der Waals surface area (Å²) in [6, 6.07) is 15.5. The van der Waals surface area contributed by atoms with Gasteiger partial charge < -0.3 is 4.74 Å². The Morgan fingerprint density at radius 1 is 1.04 bits per heavy atom. The van der Waals surface area contributed by atoms with E-state index >= 15 is 0 Å². The molecule has 0 aliphatic heterocycles. The monoisotopic (exact) mass is 336 g/mol. The Labute approximate surface area is 143 Å². The topological polar surface area (TPSA) is 88.8 Å². The van der Waals surface area contributed by atoms with Crippen LogP contribution in [0.5, 0.6) is 5.75 Å². The van der Waals surface area contributed by atoms with Gasteiger partial charge in [0.05, 0.1) is 18.5 Å². The third-order valence-electron chi connectivity index (χ3n) is 3.60. The van der Waals surface area contributed by atoms with Crippen LogP contribution in [0.15, 0.2) is 69.6 Å². The minimum Gasteiger partial charge on any atom is -0.497 e. The molecule has 0 bridgehead atoms. The van der Waals surface area contributed by atoms with Gasteiger partial charge in [-0.1, -0.05) is 18.2 Å². The van der Waals surface area contributed by atoms with Crippen molar-refractivity contribution < 1.29 is 9.53 Å². The van der Waals surface area contributed by atoms with Crippen molar-refractivity contribution in [2.45, 2.75) is 6.92 Å². The van der Waals surface area contributed by atoms with E-state index in [1.165, 1.54) is 0 Å². The highest BCUT2D eigenvalue weighted by Gasteiger charge is 2.17. The molecule has 7 heteroatoms. The Bertz CT molecular complexity index is 970. The average molecular weight is 336 g/mol. The van der Waals surface area contributed by atoms with Crippen molar-refractivity contribution in [1.29, 1.82) is 0 Å². The van der Waals surface area contributed by atoms with Gasteiger partial charge in [0.1, 0.15) is 5.75 Å². The zero-order valence-electron chi connectivity index (χ0n) is 13.8. The number of nitrogens with one attached hydrogen (secondary N) is 1. The van der Waals surface area contributed by atoms with Crippen molar-refractivity contribution in [2.24, 2.45) is 10.2 Å². The number of azo groups is 1. The first-order chi connectivity index (χ1) is 12.1. The molecule has 1 aromatic heterocycles. The van der Waals surface area contributed by atoms with Crippen LogP contribution in [0.4, 0.5) is 11.4 Å². The highest BCUT2D eigenvalue weighted by atomic mass is 16.5. The third-order valence-corrected chi connectivity index (χ3v) is 3.60. The normalized spacial score (nSPS) is 11.0. The molecule has 3 rings (SSSR count). The van der Waals surface area contributed by atoms with Gasteiger partial charge in [0, 0.05) is 5.56 Å². The molecule has 0 aliphatic carbocycles. The summed E-state index contributed by atoms with van der Waals surface area (Å²) < 4.78 is 5.99. The van der Waals surface area contributed by atoms with E-state index in [4.69, 9.17) is 4.74 Å². The number of aryl methyl sites for hydroxylation is 1. The zero-order valence-corrected chi connectivity index (χ0v) is 13.8. The molecule has 7 nitrogen and oxygen atoms in total. The molecular formula is C18H16N4O3. The summed E-state index contributed by atoms with van der Waals surface area (Å²) in [5.41, 5.74) is 1.00. The summed E-state index contributed by atoms with van der Waals surface area (Å²) in [5, 5.41) is 10.8. The molecule has 0 amide bonds. The molecule has 1 heterocycles. The second kappa shape index (κ2) is 6.96. The number of rotatable bonds is 4. The van der Waals surface area contributed by atoms with E-state index in [2.05, 4.69) is 15.3 Å². The fourth-order valence-electron chi connectivity index (χ4n) is 2.26. The number of ether oxygens (including phenoxy) is 1. The van der Waals surface area contributed by atoms with E-state index in [-0.39, 0.29) is 5.69 Å². The number of aromatic nitrogens is 2. The predicted octanol–water partition coefficient (Wildman–Crippen LogP) is 3.60. The number of benzene rings is 2. The Hall–Kier alpha value is -3.48. The van der Waals surface area contributed by atoms with Gasteiger partial charge in [0.25, 0.3) is 5.91 Å². The van der Waals surface area contributed by atoms with E-state index in [1.807, 2.05) is 18.2 Å². The molecule has 25 heavy (non-hydrogen) atoms. The molecule has 0 spiro atoms. The molecule has 0 atom stereocenters. The minimum absolute atomic E-state index is 0.103. The summed E-state index contributed by atoms with van der Waals surface area (Å²) in [7, 11) is 1.54. The zero-order chi connectivity index (χ0) is 17.8. The van der Waals surface area contributed by atoms with Crippen LogP contribution >= 0.6 is 0 Å². The highest BCUT2D eigenvalue weighted by molar-refractivity contribution is 5.95. The molecule has 0 radical (unpaired) electrons. The number of carbonyl (C=O) groups is 1. The van der Waals surface area contributed by atoms with E-state index < -0.39 is 11.5 Å². The van der Waals surface area contributed by atoms with Crippen molar-refractivity contribution in [3.05, 3.63) is 76.2 Å². The van der Waals surface area contributed by atoms with Gasteiger partial charge in [0.15, 0.2) is 5.69 Å². The smallest absolute Gasteiger partial charge is 0.302 e. The summed E-state index contributed by atoms with van der Waals surface area (Å²) in [6.07, 6.45) is 0. The van der Waals surface area contributed by atoms with Crippen molar-refractivity contribution in [3.63, 3.8) is 0 Å². The fraction of sp³-hybridized carbons (Fsp3) is 0.111. The lowest BCUT2D eigenvalue weighted by Gasteiger charge is -2.02. The summed E-state index contributed by atoms with van der Waals surface area (Å²) in [6.45, 7) is 1.67. The van der Waals surface area contributed by atoms with Crippen LogP contribution in [-0.2, 0) is 0 Å². The van der Waals surface area contributed by atoms with Crippen LogP contribution in [0.2, 0.25) is 0 Å². The maximum atomic E-state index is 12.5. The number of hydrogen-bond acceptors (Lipinski definition) is 5. The Balaban J connectivity index is 1.92. The van der Waals surface area contributed by atoms with Crippen LogP contribution < -0.4 is 10.3 Å². The van der Waals surface area contributed by atoms with Crippen LogP contribution in [-0.4, -0.2) is 22.8 Å². The Kier molecular flexibility index (Phi) is 4.56. The van der Waals surface area contributed by atoms with Gasteiger partial charge in [-0.15, -0.1) is 5.11 Å². The molecule has 126 valence electrons. The lowest BCUT2D eigenvalue weighted by molar-refractivity contribution is 0.0941. The van der Waals surface area contributed by atoms with Gasteiger partial charge in [-0.05, 0) is 43.3 Å². The first kappa shape index (κ1) is 16.4. The van der Waals surface area contributed by atoms with Crippen LogP contribution in [0.3, 0.4) is 0 Å². The van der Waals surface area contributed by atoms with Crippen molar-refractivity contribution in [2.75, 3.05) is 7.11 Å². The van der Waals surface area contributed by atoms with E-state index in [0.717, 1.165) is 4.68 Å². The molecular weight excluding hydrogens is 320 g/mol. The Morgan fingerprint density at radius 3 is 2.36 bits per heavy atom. The second-order valence-electron chi connectivity index (χ2n) is 5.30. The maximum absolute atomic E-state index is 12.5.